The van der Waals surface area contributed by atoms with E-state index in [0.717, 1.165) is 24.8 Å². The molecule has 1 aliphatic rings. The van der Waals surface area contributed by atoms with Crippen LogP contribution in [0.5, 0.6) is 0 Å². The first-order valence-electron chi connectivity index (χ1n) is 6.26. The van der Waals surface area contributed by atoms with Gasteiger partial charge in [0.15, 0.2) is 0 Å². The molecule has 6 heteroatoms. The number of nitrogens with two attached hydrogens (primary N) is 1. The van der Waals surface area contributed by atoms with Crippen molar-refractivity contribution in [3.8, 4) is 0 Å². The number of hydrogen-bond acceptors (Lipinski definition) is 4. The second-order valence-corrected chi connectivity index (χ2v) is 4.78. The molecule has 1 aromatic heterocycles. The first kappa shape index (κ1) is 13.3. The lowest BCUT2D eigenvalue weighted by Gasteiger charge is -2.35. The van der Waals surface area contributed by atoms with Gasteiger partial charge in [-0.25, -0.2) is 9.78 Å². The smallest absolute Gasteiger partial charge is 0.337 e. The molecule has 0 aliphatic carbocycles. The summed E-state index contributed by atoms with van der Waals surface area (Å²) in [6.45, 7) is 2.51. The lowest BCUT2D eigenvalue weighted by molar-refractivity contribution is -0.119. The van der Waals surface area contributed by atoms with Crippen molar-refractivity contribution in [2.75, 3.05) is 11.4 Å². The number of carbonyl (C=O) groups excluding carboxylic acids is 1. The van der Waals surface area contributed by atoms with Gasteiger partial charge in [-0.15, -0.1) is 0 Å². The molecule has 2 heterocycles. The summed E-state index contributed by atoms with van der Waals surface area (Å²) >= 11 is 0. The fraction of sp³-hybridized carbons (Fsp3) is 0.462. The Morgan fingerprint density at radius 3 is 2.79 bits per heavy atom. The van der Waals surface area contributed by atoms with Crippen molar-refractivity contribution in [2.24, 2.45) is 5.73 Å². The Labute approximate surface area is 111 Å². The molecule has 1 atom stereocenters. The second-order valence-electron chi connectivity index (χ2n) is 4.78. The average molecular weight is 263 g/mol. The van der Waals surface area contributed by atoms with E-state index in [1.165, 1.54) is 6.20 Å². The zero-order valence-electron chi connectivity index (χ0n) is 10.8. The SMILES string of the molecule is Cc1cc(C(=O)O)cnc1N1CCCCC1C(N)=O. The van der Waals surface area contributed by atoms with Gasteiger partial charge in [-0.3, -0.25) is 4.79 Å². The molecule has 0 aromatic carbocycles. The van der Waals surface area contributed by atoms with Crippen molar-refractivity contribution in [3.63, 3.8) is 0 Å². The molecule has 1 aromatic rings. The topological polar surface area (TPSA) is 96.5 Å². The van der Waals surface area contributed by atoms with Crippen LogP contribution in [0.3, 0.4) is 0 Å². The Bertz CT molecular complexity index is 516. The highest BCUT2D eigenvalue weighted by Crippen LogP contribution is 2.26. The van der Waals surface area contributed by atoms with E-state index in [0.29, 0.717) is 12.4 Å². The van der Waals surface area contributed by atoms with Crippen molar-refractivity contribution in [1.82, 2.24) is 4.98 Å². The van der Waals surface area contributed by atoms with Gasteiger partial charge in [0.05, 0.1) is 5.56 Å². The summed E-state index contributed by atoms with van der Waals surface area (Å²) in [5, 5.41) is 8.92. The van der Waals surface area contributed by atoms with Crippen LogP contribution in [0.2, 0.25) is 0 Å². The van der Waals surface area contributed by atoms with Crippen molar-refractivity contribution in [2.45, 2.75) is 32.2 Å². The molecular weight excluding hydrogens is 246 g/mol. The zero-order chi connectivity index (χ0) is 14.0. The normalized spacial score (nSPS) is 19.2. The number of hydrogen-bond donors (Lipinski definition) is 2. The zero-order valence-corrected chi connectivity index (χ0v) is 10.8. The summed E-state index contributed by atoms with van der Waals surface area (Å²) in [5.74, 6) is -0.719. The number of amides is 1. The lowest BCUT2D eigenvalue weighted by atomic mass is 10.0. The predicted octanol–water partition coefficient (Wildman–Crippen LogP) is 0.932. The van der Waals surface area contributed by atoms with Crippen molar-refractivity contribution in [3.05, 3.63) is 23.4 Å². The van der Waals surface area contributed by atoms with Crippen LogP contribution in [0.4, 0.5) is 5.82 Å². The van der Waals surface area contributed by atoms with Gasteiger partial charge in [0.25, 0.3) is 0 Å². The minimum atomic E-state index is -1.01. The molecule has 0 spiro atoms. The fourth-order valence-electron chi connectivity index (χ4n) is 2.47. The van der Waals surface area contributed by atoms with Gasteiger partial charge in [0.1, 0.15) is 11.9 Å². The molecule has 0 saturated carbocycles. The highest BCUT2D eigenvalue weighted by Gasteiger charge is 2.28. The number of pyridine rings is 1. The molecule has 6 nitrogen and oxygen atoms in total. The third-order valence-corrected chi connectivity index (χ3v) is 3.40. The number of aromatic nitrogens is 1. The molecule has 1 saturated heterocycles. The molecular formula is C13H17N3O3. The van der Waals surface area contributed by atoms with Crippen LogP contribution in [0.25, 0.3) is 0 Å². The van der Waals surface area contributed by atoms with E-state index in [4.69, 9.17) is 10.8 Å². The largest absolute Gasteiger partial charge is 0.478 e. The van der Waals surface area contributed by atoms with Gasteiger partial charge in [0.2, 0.25) is 5.91 Å². The molecule has 1 amide bonds. The van der Waals surface area contributed by atoms with Gasteiger partial charge in [-0.2, -0.15) is 0 Å². The number of primary amides is 1. The van der Waals surface area contributed by atoms with Gasteiger partial charge in [-0.05, 0) is 37.8 Å². The van der Waals surface area contributed by atoms with E-state index < -0.39 is 5.97 Å². The second kappa shape index (κ2) is 5.26. The Morgan fingerprint density at radius 2 is 2.21 bits per heavy atom. The molecule has 19 heavy (non-hydrogen) atoms. The average Bonchev–Trinajstić information content (AvgIpc) is 2.38. The number of aryl methyl sites for hydroxylation is 1. The number of carboxylic acids is 1. The standard InChI is InChI=1S/C13H17N3O3/c1-8-6-9(13(18)19)7-15-12(8)16-5-3-2-4-10(16)11(14)17/h6-7,10H,2-5H2,1H3,(H2,14,17)(H,18,19). The van der Waals surface area contributed by atoms with Crippen LogP contribution in [-0.2, 0) is 4.79 Å². The fourth-order valence-corrected chi connectivity index (χ4v) is 2.47. The maximum absolute atomic E-state index is 11.5. The van der Waals surface area contributed by atoms with Crippen LogP contribution in [0, 0.1) is 6.92 Å². The van der Waals surface area contributed by atoms with Gasteiger partial charge >= 0.3 is 5.97 Å². The lowest BCUT2D eigenvalue weighted by Crippen LogP contribution is -2.48. The van der Waals surface area contributed by atoms with Crippen molar-refractivity contribution < 1.29 is 14.7 Å². The number of rotatable bonds is 3. The minimum Gasteiger partial charge on any atom is -0.478 e. The van der Waals surface area contributed by atoms with Crippen LogP contribution in [0.15, 0.2) is 12.3 Å². The Balaban J connectivity index is 2.34. The predicted molar refractivity (Wildman–Crippen MR) is 70.1 cm³/mol. The quantitative estimate of drug-likeness (QED) is 0.845. The molecule has 1 unspecified atom stereocenters. The van der Waals surface area contributed by atoms with Crippen LogP contribution in [-0.4, -0.2) is 34.6 Å². The molecule has 1 aliphatic heterocycles. The van der Waals surface area contributed by atoms with E-state index in [1.807, 2.05) is 4.90 Å². The summed E-state index contributed by atoms with van der Waals surface area (Å²) in [6, 6.07) is 1.22. The summed E-state index contributed by atoms with van der Waals surface area (Å²) in [4.78, 5) is 28.4. The van der Waals surface area contributed by atoms with E-state index in [1.54, 1.807) is 13.0 Å². The number of piperidine rings is 1. The molecule has 0 radical (unpaired) electrons. The first-order chi connectivity index (χ1) is 9.00. The Kier molecular flexibility index (Phi) is 3.69. The van der Waals surface area contributed by atoms with E-state index in [-0.39, 0.29) is 17.5 Å². The molecule has 0 bridgehead atoms. The Hall–Kier alpha value is -2.11. The highest BCUT2D eigenvalue weighted by molar-refractivity contribution is 5.88. The summed E-state index contributed by atoms with van der Waals surface area (Å²) < 4.78 is 0. The van der Waals surface area contributed by atoms with Crippen LogP contribution in [0.1, 0.15) is 35.2 Å². The summed E-state index contributed by atoms with van der Waals surface area (Å²) in [7, 11) is 0. The van der Waals surface area contributed by atoms with Crippen molar-refractivity contribution >= 4 is 17.7 Å². The maximum Gasteiger partial charge on any atom is 0.337 e. The van der Waals surface area contributed by atoms with Gasteiger partial charge in [-0.1, -0.05) is 0 Å². The van der Waals surface area contributed by atoms with E-state index >= 15 is 0 Å². The third-order valence-electron chi connectivity index (χ3n) is 3.40. The van der Waals surface area contributed by atoms with Crippen LogP contribution >= 0.6 is 0 Å². The van der Waals surface area contributed by atoms with E-state index in [2.05, 4.69) is 4.98 Å². The van der Waals surface area contributed by atoms with E-state index in [9.17, 15) is 9.59 Å². The third kappa shape index (κ3) is 2.67. The number of anilines is 1. The number of aromatic carboxylic acids is 1. The monoisotopic (exact) mass is 263 g/mol. The number of nitrogens with zero attached hydrogens (tertiary/aromatic N) is 2. The summed E-state index contributed by atoms with van der Waals surface area (Å²) in [5.41, 5.74) is 6.31. The number of carbonyl (C=O) groups is 2. The first-order valence-corrected chi connectivity index (χ1v) is 6.26. The number of carboxylic acid groups (broad SMARTS) is 1. The molecule has 1 fully saturated rings. The van der Waals surface area contributed by atoms with Gasteiger partial charge in [0, 0.05) is 12.7 Å². The summed E-state index contributed by atoms with van der Waals surface area (Å²) in [6.07, 6.45) is 3.98. The van der Waals surface area contributed by atoms with Crippen molar-refractivity contribution in [1.29, 1.82) is 0 Å². The molecule has 102 valence electrons. The molecule has 3 N–H and O–H groups in total. The maximum atomic E-state index is 11.5. The highest BCUT2D eigenvalue weighted by atomic mass is 16.4. The molecule has 2 rings (SSSR count). The minimum absolute atomic E-state index is 0.147. The Morgan fingerprint density at radius 1 is 1.47 bits per heavy atom. The van der Waals surface area contributed by atoms with Crippen LogP contribution < -0.4 is 10.6 Å². The van der Waals surface area contributed by atoms with Gasteiger partial charge < -0.3 is 15.7 Å².